The smallest absolute Gasteiger partial charge is 0.350 e. The number of carbonyl (C=O) groups is 3. The van der Waals surface area contributed by atoms with Gasteiger partial charge in [-0.25, -0.2) is 14.8 Å². The van der Waals surface area contributed by atoms with Gasteiger partial charge in [-0.3, -0.25) is 14.5 Å². The molecule has 0 spiro atoms. The van der Waals surface area contributed by atoms with Crippen molar-refractivity contribution >= 4 is 45.5 Å². The van der Waals surface area contributed by atoms with Crippen molar-refractivity contribution in [3.8, 4) is 11.5 Å². The number of esters is 1. The first-order chi connectivity index (χ1) is 20.1. The van der Waals surface area contributed by atoms with Crippen LogP contribution < -0.4 is 14.4 Å². The van der Waals surface area contributed by atoms with E-state index in [1.807, 2.05) is 30.3 Å². The quantitative estimate of drug-likeness (QED) is 0.189. The van der Waals surface area contributed by atoms with Gasteiger partial charge < -0.3 is 19.3 Å². The number of nitrogens with zero attached hydrogens (tertiary/aromatic N) is 3. The molecule has 0 saturated heterocycles. The van der Waals surface area contributed by atoms with Gasteiger partial charge in [0.2, 0.25) is 5.78 Å². The molecule has 2 aromatic heterocycles. The van der Waals surface area contributed by atoms with Gasteiger partial charge in [0.25, 0.3) is 5.91 Å². The third-order valence-corrected chi connectivity index (χ3v) is 8.87. The number of hydrogen-bond donors (Lipinski definition) is 1. The topological polar surface area (TPSA) is 128 Å². The zero-order valence-corrected chi connectivity index (χ0v) is 25.1. The van der Waals surface area contributed by atoms with Crippen molar-refractivity contribution in [3.05, 3.63) is 97.1 Å². The lowest BCUT2D eigenvalue weighted by atomic mass is 9.95. The Bertz CT molecular complexity index is 1730. The molecular weight excluding hydrogens is 578 g/mol. The second-order valence-corrected chi connectivity index (χ2v) is 11.6. The number of benzene rings is 2. The third-order valence-electron chi connectivity index (χ3n) is 6.67. The highest BCUT2D eigenvalue weighted by Gasteiger charge is 2.47. The number of aliphatic hydroxyl groups is 1. The lowest BCUT2D eigenvalue weighted by Crippen LogP contribution is -2.31. The SMILES string of the molecule is COC(=O)c1sc(N2C(=O)C(O)=C(C(=O)c3sc(C)nc3C)C2c2ccc(OCc3ccccc3)c(OC)c2)nc1C. The first-order valence-corrected chi connectivity index (χ1v) is 14.4. The van der Waals surface area contributed by atoms with E-state index in [-0.39, 0.29) is 15.6 Å². The molecule has 1 unspecified atom stereocenters. The molecule has 216 valence electrons. The standard InChI is InChI=1S/C30H27N3O7S2/c1-15-26(41-17(3)31-15)24(34)22-23(33(28(36)25(22)35)30-32-16(2)27(42-30)29(37)39-5)19-11-12-20(21(13-19)38-4)40-14-18-9-7-6-8-10-18/h6-13,23,35H,14H2,1-5H3. The van der Waals surface area contributed by atoms with E-state index in [4.69, 9.17) is 14.2 Å². The number of rotatable bonds is 9. The second kappa shape index (κ2) is 11.7. The average Bonchev–Trinajstić information content (AvgIpc) is 3.63. The molecule has 10 nitrogen and oxygen atoms in total. The largest absolute Gasteiger partial charge is 0.503 e. The summed E-state index contributed by atoms with van der Waals surface area (Å²) in [6.07, 6.45) is 0. The van der Waals surface area contributed by atoms with E-state index in [9.17, 15) is 19.5 Å². The number of methoxy groups -OCH3 is 2. The molecule has 0 aliphatic carbocycles. The van der Waals surface area contributed by atoms with Crippen LogP contribution in [0.3, 0.4) is 0 Å². The van der Waals surface area contributed by atoms with Crippen LogP contribution in [0, 0.1) is 20.8 Å². The molecule has 1 aliphatic heterocycles. The molecule has 1 N–H and O–H groups in total. The number of aromatic nitrogens is 2. The second-order valence-electron chi connectivity index (χ2n) is 9.40. The van der Waals surface area contributed by atoms with Crippen LogP contribution in [-0.2, 0) is 16.1 Å². The molecule has 0 fully saturated rings. The van der Waals surface area contributed by atoms with Gasteiger partial charge in [0, 0.05) is 0 Å². The lowest BCUT2D eigenvalue weighted by Gasteiger charge is -2.25. The molecular formula is C30H27N3O7S2. The van der Waals surface area contributed by atoms with Crippen molar-refractivity contribution < 1.29 is 33.7 Å². The highest BCUT2D eigenvalue weighted by Crippen LogP contribution is 2.46. The van der Waals surface area contributed by atoms with Crippen LogP contribution in [0.2, 0.25) is 0 Å². The number of thiazole rings is 2. The number of carbonyl (C=O) groups excluding carboxylic acids is 3. The van der Waals surface area contributed by atoms with Gasteiger partial charge in [0.1, 0.15) is 11.5 Å². The molecule has 5 rings (SSSR count). The van der Waals surface area contributed by atoms with Crippen LogP contribution >= 0.6 is 22.7 Å². The summed E-state index contributed by atoms with van der Waals surface area (Å²) in [5.41, 5.74) is 2.15. The Morgan fingerprint density at radius 3 is 2.31 bits per heavy atom. The summed E-state index contributed by atoms with van der Waals surface area (Å²) >= 11 is 2.11. The minimum Gasteiger partial charge on any atom is -0.503 e. The maximum Gasteiger partial charge on any atom is 0.350 e. The van der Waals surface area contributed by atoms with Gasteiger partial charge in [-0.15, -0.1) is 11.3 Å². The van der Waals surface area contributed by atoms with Crippen molar-refractivity contribution in [2.24, 2.45) is 0 Å². The molecule has 1 atom stereocenters. The fraction of sp³-hybridized carbons (Fsp3) is 0.233. The van der Waals surface area contributed by atoms with E-state index < -0.39 is 29.5 Å². The molecule has 0 radical (unpaired) electrons. The summed E-state index contributed by atoms with van der Waals surface area (Å²) in [4.78, 5) is 50.4. The highest BCUT2D eigenvalue weighted by atomic mass is 32.1. The molecule has 2 aromatic carbocycles. The maximum absolute atomic E-state index is 13.9. The fourth-order valence-electron chi connectivity index (χ4n) is 4.69. The van der Waals surface area contributed by atoms with Crippen LogP contribution in [0.4, 0.5) is 5.13 Å². The Morgan fingerprint density at radius 1 is 0.952 bits per heavy atom. The average molecular weight is 606 g/mol. The zero-order chi connectivity index (χ0) is 30.1. The van der Waals surface area contributed by atoms with Gasteiger partial charge >= 0.3 is 5.97 Å². The number of ether oxygens (including phenoxy) is 3. The Balaban J connectivity index is 1.61. The number of aliphatic hydroxyl groups excluding tert-OH is 1. The molecule has 3 heterocycles. The monoisotopic (exact) mass is 605 g/mol. The van der Waals surface area contributed by atoms with Crippen molar-refractivity contribution in [2.75, 3.05) is 19.1 Å². The Morgan fingerprint density at radius 2 is 1.67 bits per heavy atom. The number of amides is 1. The lowest BCUT2D eigenvalue weighted by molar-refractivity contribution is -0.117. The van der Waals surface area contributed by atoms with E-state index in [1.54, 1.807) is 39.0 Å². The van der Waals surface area contributed by atoms with Crippen LogP contribution in [0.1, 0.15) is 52.9 Å². The van der Waals surface area contributed by atoms with E-state index in [0.717, 1.165) is 16.9 Å². The summed E-state index contributed by atoms with van der Waals surface area (Å²) in [6.45, 7) is 5.39. The van der Waals surface area contributed by atoms with E-state index in [2.05, 4.69) is 9.97 Å². The minimum atomic E-state index is -1.08. The Kier molecular flexibility index (Phi) is 8.10. The number of hydrogen-bond acceptors (Lipinski definition) is 11. The predicted octanol–water partition coefficient (Wildman–Crippen LogP) is 5.68. The summed E-state index contributed by atoms with van der Waals surface area (Å²) in [6, 6.07) is 13.6. The van der Waals surface area contributed by atoms with Crippen molar-refractivity contribution in [3.63, 3.8) is 0 Å². The first kappa shape index (κ1) is 29.0. The van der Waals surface area contributed by atoms with E-state index in [0.29, 0.717) is 44.9 Å². The van der Waals surface area contributed by atoms with Crippen molar-refractivity contribution in [1.82, 2.24) is 9.97 Å². The van der Waals surface area contributed by atoms with Crippen LogP contribution in [0.15, 0.2) is 59.9 Å². The van der Waals surface area contributed by atoms with Crippen molar-refractivity contribution in [2.45, 2.75) is 33.4 Å². The summed E-state index contributed by atoms with van der Waals surface area (Å²) in [5.74, 6) is -1.84. The van der Waals surface area contributed by atoms with Crippen LogP contribution in [0.5, 0.6) is 11.5 Å². The Hall–Kier alpha value is -4.55. The van der Waals surface area contributed by atoms with Gasteiger partial charge in [0.15, 0.2) is 22.4 Å². The van der Waals surface area contributed by atoms with E-state index >= 15 is 0 Å². The number of ketones is 1. The molecule has 4 aromatic rings. The highest BCUT2D eigenvalue weighted by molar-refractivity contribution is 7.17. The summed E-state index contributed by atoms with van der Waals surface area (Å²) in [7, 11) is 2.74. The zero-order valence-electron chi connectivity index (χ0n) is 23.5. The van der Waals surface area contributed by atoms with Gasteiger partial charge in [-0.2, -0.15) is 0 Å². The third kappa shape index (κ3) is 5.26. The minimum absolute atomic E-state index is 0.123. The summed E-state index contributed by atoms with van der Waals surface area (Å²) in [5, 5.41) is 12.0. The molecule has 1 amide bonds. The predicted molar refractivity (Wildman–Crippen MR) is 158 cm³/mol. The van der Waals surface area contributed by atoms with Gasteiger partial charge in [-0.05, 0) is 44.0 Å². The first-order valence-electron chi connectivity index (χ1n) is 12.8. The number of anilines is 1. The molecule has 1 aliphatic rings. The molecule has 0 bridgehead atoms. The summed E-state index contributed by atoms with van der Waals surface area (Å²) < 4.78 is 16.5. The molecule has 12 heteroatoms. The van der Waals surface area contributed by atoms with E-state index in [1.165, 1.54) is 30.5 Å². The van der Waals surface area contributed by atoms with Crippen LogP contribution in [0.25, 0.3) is 0 Å². The molecule has 42 heavy (non-hydrogen) atoms. The Labute approximate surface area is 249 Å². The normalized spacial score (nSPS) is 14.8. The fourth-order valence-corrected chi connectivity index (χ4v) is 6.58. The number of Topliss-reactive ketones (excluding diaryl/α,β-unsaturated/α-hetero) is 1. The van der Waals surface area contributed by atoms with Gasteiger partial charge in [-0.1, -0.05) is 47.7 Å². The molecule has 0 saturated carbocycles. The van der Waals surface area contributed by atoms with Gasteiger partial charge in [0.05, 0.1) is 47.1 Å². The number of aryl methyl sites for hydroxylation is 3. The van der Waals surface area contributed by atoms with Crippen LogP contribution in [-0.4, -0.2) is 47.0 Å². The maximum atomic E-state index is 13.9. The van der Waals surface area contributed by atoms with Crippen molar-refractivity contribution in [1.29, 1.82) is 0 Å².